The minimum atomic E-state index is 0.337. The highest BCUT2D eigenvalue weighted by Crippen LogP contribution is 2.70. The molecule has 0 bridgehead atoms. The van der Waals surface area contributed by atoms with E-state index in [-0.39, 0.29) is 0 Å². The van der Waals surface area contributed by atoms with E-state index >= 15 is 0 Å². The van der Waals surface area contributed by atoms with Crippen molar-refractivity contribution < 1.29 is 4.74 Å². The van der Waals surface area contributed by atoms with Crippen molar-refractivity contribution in [1.82, 2.24) is 0 Å². The van der Waals surface area contributed by atoms with Crippen LogP contribution in [0.3, 0.4) is 0 Å². The van der Waals surface area contributed by atoms with Gasteiger partial charge in [-0.25, -0.2) is 0 Å². The monoisotopic (exact) mass is 360 g/mol. The van der Waals surface area contributed by atoms with Crippen LogP contribution in [0, 0.1) is 51.8 Å². The van der Waals surface area contributed by atoms with Gasteiger partial charge in [-0.1, -0.05) is 41.5 Å². The van der Waals surface area contributed by atoms with Crippen molar-refractivity contribution in [1.29, 1.82) is 0 Å². The van der Waals surface area contributed by atoms with Crippen molar-refractivity contribution in [3.8, 4) is 0 Å². The lowest BCUT2D eigenvalue weighted by Gasteiger charge is -2.65. The van der Waals surface area contributed by atoms with Gasteiger partial charge < -0.3 is 4.74 Å². The SMILES string of the molecule is COC1CCC2(C)C3CCC4(C)C(C(C)C)CCC4C3CCC2C1(C)C. The Morgan fingerprint density at radius 2 is 1.42 bits per heavy atom. The van der Waals surface area contributed by atoms with Gasteiger partial charge in [0, 0.05) is 7.11 Å². The zero-order chi connectivity index (χ0) is 18.9. The van der Waals surface area contributed by atoms with Crippen LogP contribution in [-0.4, -0.2) is 13.2 Å². The summed E-state index contributed by atoms with van der Waals surface area (Å²) in [6, 6.07) is 0. The minimum Gasteiger partial charge on any atom is -0.381 e. The third-order valence-electron chi connectivity index (χ3n) is 10.7. The molecule has 4 saturated carbocycles. The molecule has 4 aliphatic carbocycles. The first-order chi connectivity index (χ1) is 12.2. The van der Waals surface area contributed by atoms with Gasteiger partial charge in [0.15, 0.2) is 0 Å². The van der Waals surface area contributed by atoms with Gasteiger partial charge in [0.05, 0.1) is 6.10 Å². The average Bonchev–Trinajstić information content (AvgIpc) is 2.92. The zero-order valence-corrected chi connectivity index (χ0v) is 18.6. The maximum Gasteiger partial charge on any atom is 0.0625 e. The van der Waals surface area contributed by atoms with E-state index in [1.165, 1.54) is 51.4 Å². The smallest absolute Gasteiger partial charge is 0.0625 e. The van der Waals surface area contributed by atoms with E-state index in [9.17, 15) is 0 Å². The van der Waals surface area contributed by atoms with Gasteiger partial charge in [-0.3, -0.25) is 0 Å². The highest BCUT2D eigenvalue weighted by molar-refractivity contribution is 5.12. The van der Waals surface area contributed by atoms with Crippen molar-refractivity contribution >= 4 is 0 Å². The molecule has 150 valence electrons. The molecule has 0 aromatic carbocycles. The maximum atomic E-state index is 5.96. The second-order valence-electron chi connectivity index (χ2n) is 12.1. The molecule has 1 nitrogen and oxygen atoms in total. The van der Waals surface area contributed by atoms with Crippen LogP contribution in [0.5, 0.6) is 0 Å². The van der Waals surface area contributed by atoms with Crippen LogP contribution in [0.2, 0.25) is 0 Å². The quantitative estimate of drug-likeness (QED) is 0.517. The van der Waals surface area contributed by atoms with E-state index < -0.39 is 0 Å². The fraction of sp³-hybridized carbons (Fsp3) is 1.00. The standard InChI is InChI=1S/C25H44O/c1-16(2)18-9-10-19-17-8-11-21-23(3,4)22(26-7)13-15-25(21,6)20(17)12-14-24(18,19)5/h16-22H,8-15H2,1-7H3. The van der Waals surface area contributed by atoms with Crippen LogP contribution in [0.25, 0.3) is 0 Å². The lowest BCUT2D eigenvalue weighted by atomic mass is 9.41. The second kappa shape index (κ2) is 6.23. The molecule has 8 unspecified atom stereocenters. The summed E-state index contributed by atoms with van der Waals surface area (Å²) in [4.78, 5) is 0. The predicted molar refractivity (Wildman–Crippen MR) is 110 cm³/mol. The number of ether oxygens (including phenoxy) is 1. The molecule has 0 spiro atoms. The van der Waals surface area contributed by atoms with Crippen molar-refractivity contribution in [2.24, 2.45) is 51.8 Å². The molecule has 0 heterocycles. The number of hydrogen-bond acceptors (Lipinski definition) is 1. The summed E-state index contributed by atoms with van der Waals surface area (Å²) in [5, 5.41) is 0. The number of hydrogen-bond donors (Lipinski definition) is 0. The molecule has 1 heteroatoms. The molecule has 4 fully saturated rings. The first-order valence-corrected chi connectivity index (χ1v) is 11.7. The summed E-state index contributed by atoms with van der Waals surface area (Å²) < 4.78 is 5.96. The van der Waals surface area contributed by atoms with Crippen LogP contribution in [0.1, 0.15) is 92.9 Å². The molecular weight excluding hydrogens is 316 g/mol. The Hall–Kier alpha value is -0.0400. The Kier molecular flexibility index (Phi) is 4.62. The summed E-state index contributed by atoms with van der Waals surface area (Å²) in [7, 11) is 1.94. The Balaban J connectivity index is 1.63. The fourth-order valence-corrected chi connectivity index (χ4v) is 9.63. The highest BCUT2D eigenvalue weighted by atomic mass is 16.5. The number of fused-ring (bicyclic) bond motifs is 5. The van der Waals surface area contributed by atoms with Crippen molar-refractivity contribution in [2.45, 2.75) is 99.0 Å². The van der Waals surface area contributed by atoms with Crippen LogP contribution < -0.4 is 0 Å². The third kappa shape index (κ3) is 2.44. The molecule has 0 radical (unpaired) electrons. The normalized spacial score (nSPS) is 53.1. The van der Waals surface area contributed by atoms with Gasteiger partial charge in [-0.15, -0.1) is 0 Å². The predicted octanol–water partition coefficient (Wildman–Crippen LogP) is 6.95. The fourth-order valence-electron chi connectivity index (χ4n) is 9.63. The summed E-state index contributed by atoms with van der Waals surface area (Å²) in [6.45, 7) is 15.4. The first kappa shape index (κ1) is 19.3. The highest BCUT2D eigenvalue weighted by Gasteiger charge is 2.63. The first-order valence-electron chi connectivity index (χ1n) is 11.7. The Bertz CT molecular complexity index is 536. The topological polar surface area (TPSA) is 9.23 Å². The van der Waals surface area contributed by atoms with Crippen molar-refractivity contribution in [2.75, 3.05) is 7.11 Å². The van der Waals surface area contributed by atoms with Gasteiger partial charge in [0.2, 0.25) is 0 Å². The van der Waals surface area contributed by atoms with Crippen molar-refractivity contribution in [3.05, 3.63) is 0 Å². The third-order valence-corrected chi connectivity index (χ3v) is 10.7. The van der Waals surface area contributed by atoms with E-state index in [0.29, 0.717) is 22.3 Å². The van der Waals surface area contributed by atoms with E-state index in [1.807, 2.05) is 7.11 Å². The van der Waals surface area contributed by atoms with E-state index in [2.05, 4.69) is 41.5 Å². The second-order valence-corrected chi connectivity index (χ2v) is 12.1. The summed E-state index contributed by atoms with van der Waals surface area (Å²) in [5.74, 6) is 5.68. The molecule has 0 amide bonds. The van der Waals surface area contributed by atoms with Gasteiger partial charge in [-0.2, -0.15) is 0 Å². The van der Waals surface area contributed by atoms with Gasteiger partial charge >= 0.3 is 0 Å². The van der Waals surface area contributed by atoms with Gasteiger partial charge in [-0.05, 0) is 103 Å². The molecule has 0 aliphatic heterocycles. The minimum absolute atomic E-state index is 0.337. The lowest BCUT2D eigenvalue weighted by Crippen LogP contribution is -2.59. The molecule has 4 aliphatic rings. The maximum absolute atomic E-state index is 5.96. The zero-order valence-electron chi connectivity index (χ0n) is 18.6. The average molecular weight is 361 g/mol. The number of methoxy groups -OCH3 is 1. The molecule has 0 aromatic rings. The molecule has 4 rings (SSSR count). The molecule has 0 saturated heterocycles. The van der Waals surface area contributed by atoms with Gasteiger partial charge in [0.1, 0.15) is 0 Å². The van der Waals surface area contributed by atoms with Crippen molar-refractivity contribution in [3.63, 3.8) is 0 Å². The lowest BCUT2D eigenvalue weighted by molar-refractivity contribution is -0.184. The Labute approximate surface area is 163 Å². The van der Waals surface area contributed by atoms with Crippen LogP contribution in [-0.2, 0) is 4.74 Å². The van der Waals surface area contributed by atoms with E-state index in [0.717, 1.165) is 35.5 Å². The molecule has 8 atom stereocenters. The molecular formula is C25H44O. The molecule has 26 heavy (non-hydrogen) atoms. The summed E-state index contributed by atoms with van der Waals surface area (Å²) >= 11 is 0. The van der Waals surface area contributed by atoms with E-state index in [4.69, 9.17) is 4.74 Å². The number of rotatable bonds is 2. The summed E-state index contributed by atoms with van der Waals surface area (Å²) in [5.41, 5.74) is 1.53. The molecule has 0 N–H and O–H groups in total. The van der Waals surface area contributed by atoms with Crippen LogP contribution in [0.15, 0.2) is 0 Å². The Morgan fingerprint density at radius 1 is 0.769 bits per heavy atom. The Morgan fingerprint density at radius 3 is 2.08 bits per heavy atom. The van der Waals surface area contributed by atoms with E-state index in [1.54, 1.807) is 0 Å². The van der Waals surface area contributed by atoms with Crippen LogP contribution >= 0.6 is 0 Å². The van der Waals surface area contributed by atoms with Crippen LogP contribution in [0.4, 0.5) is 0 Å². The summed E-state index contributed by atoms with van der Waals surface area (Å²) in [6.07, 6.45) is 12.1. The molecule has 0 aromatic heterocycles. The van der Waals surface area contributed by atoms with Gasteiger partial charge in [0.25, 0.3) is 0 Å². The largest absolute Gasteiger partial charge is 0.381 e.